The number of halogens is 2. The number of hydrogen-bond donors (Lipinski definition) is 4. The highest BCUT2D eigenvalue weighted by Gasteiger charge is 2.15. The Hall–Kier alpha value is -2.73. The van der Waals surface area contributed by atoms with E-state index in [1.807, 2.05) is 42.5 Å². The van der Waals surface area contributed by atoms with Gasteiger partial charge in [0.2, 0.25) is 10.0 Å². The second-order valence-electron chi connectivity index (χ2n) is 6.80. The van der Waals surface area contributed by atoms with Crippen LogP contribution in [0, 0.1) is 0 Å². The summed E-state index contributed by atoms with van der Waals surface area (Å²) in [5.74, 6) is 0.219. The fourth-order valence-electron chi connectivity index (χ4n) is 2.99. The van der Waals surface area contributed by atoms with Crippen molar-refractivity contribution in [2.24, 2.45) is 0 Å². The predicted octanol–water partition coefficient (Wildman–Crippen LogP) is 5.21. The van der Waals surface area contributed by atoms with Crippen molar-refractivity contribution in [2.75, 3.05) is 10.6 Å². The third-order valence-corrected chi connectivity index (χ3v) is 6.91. The van der Waals surface area contributed by atoms with E-state index in [1.165, 1.54) is 18.3 Å². The first-order valence-corrected chi connectivity index (χ1v) is 12.4. The van der Waals surface area contributed by atoms with Crippen molar-refractivity contribution in [1.29, 1.82) is 0 Å². The molecule has 2 aromatic carbocycles. The Morgan fingerprint density at radius 2 is 1.81 bits per heavy atom. The van der Waals surface area contributed by atoms with Crippen molar-refractivity contribution in [3.8, 4) is 0 Å². The van der Waals surface area contributed by atoms with Gasteiger partial charge in [-0.15, -0.1) is 0 Å². The molecule has 4 aromatic rings. The summed E-state index contributed by atoms with van der Waals surface area (Å²) in [7, 11) is -3.75. The third-order valence-electron chi connectivity index (χ3n) is 4.54. The Kier molecular flexibility index (Phi) is 6.60. The van der Waals surface area contributed by atoms with Gasteiger partial charge >= 0.3 is 6.03 Å². The minimum absolute atomic E-state index is 0.000612. The number of urea groups is 1. The van der Waals surface area contributed by atoms with E-state index < -0.39 is 16.1 Å². The van der Waals surface area contributed by atoms with E-state index in [0.29, 0.717) is 5.69 Å². The molecule has 2 heterocycles. The van der Waals surface area contributed by atoms with Crippen LogP contribution in [0.5, 0.6) is 0 Å². The van der Waals surface area contributed by atoms with Crippen molar-refractivity contribution in [2.45, 2.75) is 11.4 Å². The lowest BCUT2D eigenvalue weighted by Crippen LogP contribution is -2.24. The normalized spacial score (nSPS) is 11.4. The highest BCUT2D eigenvalue weighted by molar-refractivity contribution is 9.10. The summed E-state index contributed by atoms with van der Waals surface area (Å²) in [5.41, 5.74) is 2.30. The van der Waals surface area contributed by atoms with Gasteiger partial charge in [-0.1, -0.05) is 44.0 Å². The molecule has 2 aromatic heterocycles. The molecule has 0 aliphatic heterocycles. The van der Waals surface area contributed by atoms with E-state index >= 15 is 0 Å². The molecule has 2 amide bonds. The van der Waals surface area contributed by atoms with Crippen LogP contribution in [0.15, 0.2) is 80.8 Å². The Bertz CT molecular complexity index is 1390. The third kappa shape index (κ3) is 5.36. The number of nitrogens with one attached hydrogen (secondary N) is 4. The molecule has 0 radical (unpaired) electrons. The fraction of sp³-hybridized carbons (Fsp3) is 0.0476. The SMILES string of the molecule is O=C(Nc1ccc(S(=O)(=O)NCc2cccc(Br)c2)cn1)Nc1c[nH]c2cc(Br)ccc12. The Balaban J connectivity index is 1.38. The van der Waals surface area contributed by atoms with Crippen LogP contribution in [0.1, 0.15) is 5.56 Å². The van der Waals surface area contributed by atoms with Crippen LogP contribution in [0.2, 0.25) is 0 Å². The molecule has 0 bridgehead atoms. The topological polar surface area (TPSA) is 116 Å². The first-order valence-electron chi connectivity index (χ1n) is 9.35. The van der Waals surface area contributed by atoms with Crippen LogP contribution < -0.4 is 15.4 Å². The number of fused-ring (bicyclic) bond motifs is 1. The number of sulfonamides is 1. The molecule has 0 aliphatic carbocycles. The lowest BCUT2D eigenvalue weighted by atomic mass is 10.2. The van der Waals surface area contributed by atoms with Crippen molar-refractivity contribution >= 4 is 70.3 Å². The van der Waals surface area contributed by atoms with E-state index in [2.05, 4.69) is 57.2 Å². The maximum absolute atomic E-state index is 12.5. The van der Waals surface area contributed by atoms with E-state index in [9.17, 15) is 13.2 Å². The Morgan fingerprint density at radius 3 is 2.56 bits per heavy atom. The van der Waals surface area contributed by atoms with Crippen molar-refractivity contribution < 1.29 is 13.2 Å². The number of pyridine rings is 1. The Morgan fingerprint density at radius 1 is 1.00 bits per heavy atom. The number of H-pyrrole nitrogens is 1. The van der Waals surface area contributed by atoms with Crippen LogP contribution in [-0.2, 0) is 16.6 Å². The van der Waals surface area contributed by atoms with Gasteiger partial charge in [0.15, 0.2) is 0 Å². The highest BCUT2D eigenvalue weighted by Crippen LogP contribution is 2.26. The molecule has 11 heteroatoms. The van der Waals surface area contributed by atoms with E-state index in [0.717, 1.165) is 25.4 Å². The number of anilines is 2. The standard InChI is InChI=1S/C21H17Br2N5O3S/c22-14-3-1-2-13(8-14)10-26-32(30,31)16-5-7-20(25-11-16)28-21(29)27-19-12-24-18-9-15(23)4-6-17(18)19/h1-9,11-12,24,26H,10H2,(H2,25,27,28,29). The second kappa shape index (κ2) is 9.41. The van der Waals surface area contributed by atoms with Gasteiger partial charge in [-0.3, -0.25) is 5.32 Å². The predicted molar refractivity (Wildman–Crippen MR) is 131 cm³/mol. The zero-order valence-corrected chi connectivity index (χ0v) is 20.4. The summed E-state index contributed by atoms with van der Waals surface area (Å²) >= 11 is 6.76. The quantitative estimate of drug-likeness (QED) is 0.251. The number of amides is 2. The summed E-state index contributed by atoms with van der Waals surface area (Å²) < 4.78 is 29.4. The summed E-state index contributed by atoms with van der Waals surface area (Å²) in [6.07, 6.45) is 2.89. The first-order chi connectivity index (χ1) is 15.3. The summed E-state index contributed by atoms with van der Waals surface area (Å²) in [6.45, 7) is 0.144. The molecule has 8 nitrogen and oxygen atoms in total. The number of aromatic amines is 1. The summed E-state index contributed by atoms with van der Waals surface area (Å²) in [6, 6.07) is 15.3. The largest absolute Gasteiger partial charge is 0.359 e. The molecule has 0 spiro atoms. The molecule has 164 valence electrons. The molecule has 0 aliphatic rings. The lowest BCUT2D eigenvalue weighted by Gasteiger charge is -2.09. The molecule has 0 saturated heterocycles. The average molecular weight is 579 g/mol. The number of aromatic nitrogens is 2. The van der Waals surface area contributed by atoms with Crippen LogP contribution in [0.4, 0.5) is 16.3 Å². The monoisotopic (exact) mass is 577 g/mol. The second-order valence-corrected chi connectivity index (χ2v) is 10.4. The number of hydrogen-bond acceptors (Lipinski definition) is 4. The number of rotatable bonds is 6. The number of carbonyl (C=O) groups is 1. The van der Waals surface area contributed by atoms with Gasteiger partial charge in [-0.25, -0.2) is 22.9 Å². The van der Waals surface area contributed by atoms with Crippen molar-refractivity contribution in [3.63, 3.8) is 0 Å². The zero-order chi connectivity index (χ0) is 22.7. The fourth-order valence-corrected chi connectivity index (χ4v) is 4.76. The molecule has 0 fully saturated rings. The van der Waals surface area contributed by atoms with Gasteiger partial charge in [0.05, 0.1) is 5.69 Å². The number of benzene rings is 2. The van der Waals surface area contributed by atoms with E-state index in [-0.39, 0.29) is 17.3 Å². The molecular formula is C21H17Br2N5O3S. The number of carbonyl (C=O) groups excluding carboxylic acids is 1. The van der Waals surface area contributed by atoms with Gasteiger partial charge in [0.25, 0.3) is 0 Å². The van der Waals surface area contributed by atoms with Gasteiger partial charge in [-0.2, -0.15) is 0 Å². The van der Waals surface area contributed by atoms with Crippen LogP contribution >= 0.6 is 31.9 Å². The zero-order valence-electron chi connectivity index (χ0n) is 16.4. The minimum atomic E-state index is -3.75. The maximum atomic E-state index is 12.5. The molecule has 0 saturated carbocycles. The van der Waals surface area contributed by atoms with Crippen molar-refractivity contribution in [3.05, 3.63) is 81.5 Å². The van der Waals surface area contributed by atoms with Gasteiger partial charge in [0, 0.05) is 38.8 Å². The summed E-state index contributed by atoms with van der Waals surface area (Å²) in [5, 5.41) is 6.20. The lowest BCUT2D eigenvalue weighted by molar-refractivity contribution is 0.262. The molecule has 4 N–H and O–H groups in total. The average Bonchev–Trinajstić information content (AvgIpc) is 3.14. The van der Waals surface area contributed by atoms with Gasteiger partial charge in [0.1, 0.15) is 10.7 Å². The smallest absolute Gasteiger partial charge is 0.324 e. The van der Waals surface area contributed by atoms with Gasteiger partial charge in [-0.05, 0) is 48.0 Å². The molecule has 0 unspecified atom stereocenters. The Labute approximate surface area is 201 Å². The van der Waals surface area contributed by atoms with Crippen molar-refractivity contribution in [1.82, 2.24) is 14.7 Å². The van der Waals surface area contributed by atoms with E-state index in [1.54, 1.807) is 6.20 Å². The van der Waals surface area contributed by atoms with Gasteiger partial charge < -0.3 is 10.3 Å². The molecule has 4 rings (SSSR count). The molecule has 32 heavy (non-hydrogen) atoms. The highest BCUT2D eigenvalue weighted by atomic mass is 79.9. The minimum Gasteiger partial charge on any atom is -0.359 e. The molecule has 0 atom stereocenters. The number of nitrogens with zero attached hydrogens (tertiary/aromatic N) is 1. The van der Waals surface area contributed by atoms with Crippen LogP contribution in [0.25, 0.3) is 10.9 Å². The first kappa shape index (κ1) is 22.5. The maximum Gasteiger partial charge on any atom is 0.324 e. The van der Waals surface area contributed by atoms with E-state index in [4.69, 9.17) is 0 Å². The summed E-state index contributed by atoms with van der Waals surface area (Å²) in [4.78, 5) is 19.5. The molecular weight excluding hydrogens is 562 g/mol. The van der Waals surface area contributed by atoms with Crippen LogP contribution in [-0.4, -0.2) is 24.4 Å². The van der Waals surface area contributed by atoms with Crippen LogP contribution in [0.3, 0.4) is 0 Å².